The van der Waals surface area contributed by atoms with Crippen molar-refractivity contribution >= 4 is 11.9 Å². The first-order valence-corrected chi connectivity index (χ1v) is 7.76. The van der Waals surface area contributed by atoms with Crippen LogP contribution < -0.4 is 10.6 Å². The van der Waals surface area contributed by atoms with E-state index in [0.29, 0.717) is 12.5 Å². The molecule has 3 rings (SSSR count). The van der Waals surface area contributed by atoms with E-state index < -0.39 is 5.97 Å². The molecule has 3 aliphatic rings. The molecule has 5 atom stereocenters. The second kappa shape index (κ2) is 5.02. The van der Waals surface area contributed by atoms with Gasteiger partial charge in [0.25, 0.3) is 0 Å². The molecule has 112 valence electrons. The Hall–Kier alpha value is -1.10. The largest absolute Gasteiger partial charge is 0.481 e. The van der Waals surface area contributed by atoms with Crippen LogP contribution in [0.3, 0.4) is 0 Å². The topological polar surface area (TPSA) is 78.4 Å². The predicted octanol–water partition coefficient (Wildman–Crippen LogP) is 0.992. The summed E-state index contributed by atoms with van der Waals surface area (Å²) in [5, 5.41) is 15.8. The molecule has 0 spiro atoms. The zero-order chi connectivity index (χ0) is 14.3. The van der Waals surface area contributed by atoms with Crippen LogP contribution in [0.15, 0.2) is 0 Å². The van der Waals surface area contributed by atoms with Crippen molar-refractivity contribution in [2.75, 3.05) is 13.1 Å². The van der Waals surface area contributed by atoms with Gasteiger partial charge in [-0.15, -0.1) is 0 Å². The Morgan fingerprint density at radius 3 is 2.70 bits per heavy atom. The van der Waals surface area contributed by atoms with Crippen LogP contribution in [0.5, 0.6) is 0 Å². The normalized spacial score (nSPS) is 43.5. The standard InChI is InChI=1S/C15H24N2O3/c1-15(5-2-6-16-8-15)14(20)17-12-10-4-3-9(7-10)11(12)13(18)19/h9-12,16H,2-8H2,1H3,(H,17,20)(H,18,19). The van der Waals surface area contributed by atoms with Crippen LogP contribution in [-0.2, 0) is 9.59 Å². The number of hydrogen-bond acceptors (Lipinski definition) is 3. The summed E-state index contributed by atoms with van der Waals surface area (Å²) in [7, 11) is 0. The molecule has 3 N–H and O–H groups in total. The number of carboxylic acids is 1. The molecule has 0 aromatic heterocycles. The first-order valence-electron chi connectivity index (χ1n) is 7.76. The van der Waals surface area contributed by atoms with Crippen molar-refractivity contribution in [2.45, 2.75) is 45.1 Å². The number of carbonyl (C=O) groups excluding carboxylic acids is 1. The minimum atomic E-state index is -0.741. The molecular weight excluding hydrogens is 256 g/mol. The Morgan fingerprint density at radius 1 is 1.30 bits per heavy atom. The van der Waals surface area contributed by atoms with Gasteiger partial charge in [-0.2, -0.15) is 0 Å². The number of fused-ring (bicyclic) bond motifs is 2. The number of hydrogen-bond donors (Lipinski definition) is 3. The molecule has 0 aromatic carbocycles. The van der Waals surface area contributed by atoms with E-state index in [-0.39, 0.29) is 29.2 Å². The number of nitrogens with one attached hydrogen (secondary N) is 2. The maximum atomic E-state index is 12.6. The minimum absolute atomic E-state index is 0.0356. The number of carbonyl (C=O) groups is 2. The lowest BCUT2D eigenvalue weighted by Crippen LogP contribution is -2.54. The molecule has 0 radical (unpaired) electrons. The number of rotatable bonds is 3. The van der Waals surface area contributed by atoms with Gasteiger partial charge in [-0.1, -0.05) is 0 Å². The van der Waals surface area contributed by atoms with E-state index in [1.54, 1.807) is 0 Å². The number of piperidine rings is 1. The van der Waals surface area contributed by atoms with E-state index in [2.05, 4.69) is 10.6 Å². The zero-order valence-corrected chi connectivity index (χ0v) is 12.0. The Bertz CT molecular complexity index is 417. The first-order chi connectivity index (χ1) is 9.51. The SMILES string of the molecule is CC1(C(=O)NC2C3CCC(C3)C2C(=O)O)CCCNC1. The van der Waals surface area contributed by atoms with Crippen molar-refractivity contribution in [1.82, 2.24) is 10.6 Å². The van der Waals surface area contributed by atoms with Crippen molar-refractivity contribution in [3.8, 4) is 0 Å². The van der Waals surface area contributed by atoms with E-state index in [1.807, 2.05) is 6.92 Å². The van der Waals surface area contributed by atoms with Gasteiger partial charge in [0.2, 0.25) is 5.91 Å². The Labute approximate surface area is 119 Å². The van der Waals surface area contributed by atoms with Crippen LogP contribution in [0, 0.1) is 23.2 Å². The minimum Gasteiger partial charge on any atom is -0.481 e. The highest BCUT2D eigenvalue weighted by atomic mass is 16.4. The van der Waals surface area contributed by atoms with Gasteiger partial charge >= 0.3 is 5.97 Å². The third-order valence-electron chi connectivity index (χ3n) is 5.64. The zero-order valence-electron chi connectivity index (χ0n) is 12.0. The second-order valence-electron chi connectivity index (χ2n) is 7.04. The van der Waals surface area contributed by atoms with Crippen molar-refractivity contribution in [3.05, 3.63) is 0 Å². The fourth-order valence-corrected chi connectivity index (χ4v) is 4.43. The lowest BCUT2D eigenvalue weighted by atomic mass is 9.79. The Kier molecular flexibility index (Phi) is 3.48. The summed E-state index contributed by atoms with van der Waals surface area (Å²) < 4.78 is 0. The Balaban J connectivity index is 1.70. The highest BCUT2D eigenvalue weighted by molar-refractivity contribution is 5.84. The van der Waals surface area contributed by atoms with E-state index in [0.717, 1.165) is 38.6 Å². The molecule has 2 saturated carbocycles. The molecule has 1 aliphatic heterocycles. The monoisotopic (exact) mass is 280 g/mol. The molecule has 2 bridgehead atoms. The number of carboxylic acid groups (broad SMARTS) is 1. The lowest BCUT2D eigenvalue weighted by Gasteiger charge is -2.36. The molecular formula is C15H24N2O3. The van der Waals surface area contributed by atoms with Gasteiger partial charge in [-0.25, -0.2) is 0 Å². The molecule has 1 saturated heterocycles. The second-order valence-corrected chi connectivity index (χ2v) is 7.04. The highest BCUT2D eigenvalue weighted by Gasteiger charge is 2.52. The van der Waals surface area contributed by atoms with Crippen LogP contribution in [0.2, 0.25) is 0 Å². The quantitative estimate of drug-likeness (QED) is 0.720. The van der Waals surface area contributed by atoms with Gasteiger partial charge < -0.3 is 15.7 Å². The third-order valence-corrected chi connectivity index (χ3v) is 5.64. The lowest BCUT2D eigenvalue weighted by molar-refractivity contribution is -0.145. The maximum Gasteiger partial charge on any atom is 0.308 e. The maximum absolute atomic E-state index is 12.6. The van der Waals surface area contributed by atoms with E-state index >= 15 is 0 Å². The molecule has 5 unspecified atom stereocenters. The molecule has 5 nitrogen and oxygen atoms in total. The summed E-state index contributed by atoms with van der Waals surface area (Å²) in [6, 6.07) is -0.155. The summed E-state index contributed by atoms with van der Waals surface area (Å²) >= 11 is 0. The highest BCUT2D eigenvalue weighted by Crippen LogP contribution is 2.48. The van der Waals surface area contributed by atoms with Crippen LogP contribution in [0.1, 0.15) is 39.0 Å². The molecule has 0 aromatic rings. The van der Waals surface area contributed by atoms with Crippen LogP contribution in [0.4, 0.5) is 0 Å². The molecule has 5 heteroatoms. The van der Waals surface area contributed by atoms with Crippen molar-refractivity contribution < 1.29 is 14.7 Å². The van der Waals surface area contributed by atoms with E-state index in [9.17, 15) is 14.7 Å². The predicted molar refractivity (Wildman–Crippen MR) is 74.1 cm³/mol. The van der Waals surface area contributed by atoms with Gasteiger partial charge in [-0.3, -0.25) is 9.59 Å². The van der Waals surface area contributed by atoms with Crippen LogP contribution in [0.25, 0.3) is 0 Å². The van der Waals surface area contributed by atoms with Gasteiger partial charge in [0, 0.05) is 12.6 Å². The average Bonchev–Trinajstić information content (AvgIpc) is 3.00. The number of amides is 1. The molecule has 1 heterocycles. The summed E-state index contributed by atoms with van der Waals surface area (Å²) in [5.74, 6) is -0.453. The van der Waals surface area contributed by atoms with E-state index in [1.165, 1.54) is 0 Å². The van der Waals surface area contributed by atoms with Crippen LogP contribution in [-0.4, -0.2) is 36.1 Å². The van der Waals surface area contributed by atoms with Crippen LogP contribution >= 0.6 is 0 Å². The summed E-state index contributed by atoms with van der Waals surface area (Å²) in [5.41, 5.74) is -0.386. The van der Waals surface area contributed by atoms with Gasteiger partial charge in [-0.05, 0) is 57.4 Å². The number of aliphatic carboxylic acids is 1. The van der Waals surface area contributed by atoms with Crippen molar-refractivity contribution in [3.63, 3.8) is 0 Å². The Morgan fingerprint density at radius 2 is 2.05 bits per heavy atom. The third kappa shape index (κ3) is 2.22. The summed E-state index contributed by atoms with van der Waals surface area (Å²) in [6.45, 7) is 3.64. The fourth-order valence-electron chi connectivity index (χ4n) is 4.43. The molecule has 20 heavy (non-hydrogen) atoms. The van der Waals surface area contributed by atoms with E-state index in [4.69, 9.17) is 0 Å². The van der Waals surface area contributed by atoms with Crippen molar-refractivity contribution in [2.24, 2.45) is 23.2 Å². The first kappa shape index (κ1) is 13.9. The average molecular weight is 280 g/mol. The molecule has 2 aliphatic carbocycles. The van der Waals surface area contributed by atoms with Gasteiger partial charge in [0.05, 0.1) is 11.3 Å². The van der Waals surface area contributed by atoms with Crippen molar-refractivity contribution in [1.29, 1.82) is 0 Å². The summed E-state index contributed by atoms with van der Waals surface area (Å²) in [4.78, 5) is 24.1. The summed E-state index contributed by atoms with van der Waals surface area (Å²) in [6.07, 6.45) is 4.92. The van der Waals surface area contributed by atoms with Gasteiger partial charge in [0.1, 0.15) is 0 Å². The van der Waals surface area contributed by atoms with Gasteiger partial charge in [0.15, 0.2) is 0 Å². The molecule has 3 fully saturated rings. The fraction of sp³-hybridized carbons (Fsp3) is 0.867. The molecule has 1 amide bonds. The smallest absolute Gasteiger partial charge is 0.308 e.